The number of aliphatic imine (C=N–C) groups is 2. The van der Waals surface area contributed by atoms with Crippen LogP contribution in [0.5, 0.6) is 0 Å². The molecule has 0 spiro atoms. The summed E-state index contributed by atoms with van der Waals surface area (Å²) in [6.45, 7) is 0. The largest absolute Gasteiger partial charge is 0.471 e. The van der Waals surface area contributed by atoms with Crippen LogP contribution in [0.2, 0.25) is 0 Å². The van der Waals surface area contributed by atoms with Crippen molar-refractivity contribution in [3.63, 3.8) is 0 Å². The van der Waals surface area contributed by atoms with Crippen molar-refractivity contribution in [3.05, 3.63) is 155 Å². The van der Waals surface area contributed by atoms with Gasteiger partial charge in [0.15, 0.2) is 0 Å². The lowest BCUT2D eigenvalue weighted by molar-refractivity contribution is 0.206. The van der Waals surface area contributed by atoms with Crippen molar-refractivity contribution in [3.8, 4) is 11.1 Å². The minimum absolute atomic E-state index is 0.0227. The Balaban J connectivity index is 1.22. The molecule has 6 aromatic rings. The van der Waals surface area contributed by atoms with E-state index in [-0.39, 0.29) is 24.3 Å². The molecule has 0 amide bonds. The summed E-state index contributed by atoms with van der Waals surface area (Å²) < 4.78 is 13.5. The quantitative estimate of drug-likeness (QED) is 0.215. The Bertz CT molecular complexity index is 2070. The number of ether oxygens (including phenoxy) is 2. The predicted octanol–water partition coefficient (Wildman–Crippen LogP) is 8.55. The molecule has 2 aliphatic carbocycles. The van der Waals surface area contributed by atoms with Crippen molar-refractivity contribution in [2.75, 3.05) is 0 Å². The van der Waals surface area contributed by atoms with E-state index in [9.17, 15) is 0 Å². The van der Waals surface area contributed by atoms with Gasteiger partial charge in [-0.1, -0.05) is 109 Å². The summed E-state index contributed by atoms with van der Waals surface area (Å²) in [6.07, 6.45) is 1.81. The number of hydrogen-bond donors (Lipinski definition) is 0. The number of benzene rings is 6. The highest BCUT2D eigenvalue weighted by Crippen LogP contribution is 2.47. The zero-order chi connectivity index (χ0) is 28.8. The van der Waals surface area contributed by atoms with Crippen LogP contribution in [0.4, 0.5) is 0 Å². The van der Waals surface area contributed by atoms with E-state index in [0.717, 1.165) is 45.9 Å². The second-order valence-electron chi connectivity index (χ2n) is 12.3. The van der Waals surface area contributed by atoms with Crippen LogP contribution < -0.4 is 0 Å². The topological polar surface area (TPSA) is 43.2 Å². The van der Waals surface area contributed by atoms with Gasteiger partial charge in [-0.05, 0) is 55.9 Å². The molecule has 0 radical (unpaired) electrons. The number of hydrogen-bond acceptors (Lipinski definition) is 4. The van der Waals surface area contributed by atoms with E-state index in [0.29, 0.717) is 11.8 Å². The van der Waals surface area contributed by atoms with Crippen LogP contribution in [-0.4, -0.2) is 24.0 Å². The van der Waals surface area contributed by atoms with Gasteiger partial charge in [-0.3, -0.25) is 0 Å². The third-order valence-corrected chi connectivity index (χ3v) is 9.90. The predicted molar refractivity (Wildman–Crippen MR) is 175 cm³/mol. The van der Waals surface area contributed by atoms with Crippen molar-refractivity contribution in [2.24, 2.45) is 9.98 Å². The van der Waals surface area contributed by atoms with E-state index < -0.39 is 0 Å². The van der Waals surface area contributed by atoms with Crippen LogP contribution in [0.3, 0.4) is 0 Å². The highest BCUT2D eigenvalue weighted by molar-refractivity contribution is 6.19. The average molecular weight is 569 g/mol. The van der Waals surface area contributed by atoms with Crippen molar-refractivity contribution < 1.29 is 9.47 Å². The van der Waals surface area contributed by atoms with E-state index in [1.54, 1.807) is 0 Å². The van der Waals surface area contributed by atoms with E-state index in [1.807, 2.05) is 0 Å². The van der Waals surface area contributed by atoms with Gasteiger partial charge in [0.25, 0.3) is 0 Å². The molecule has 0 saturated heterocycles. The van der Waals surface area contributed by atoms with E-state index in [1.165, 1.54) is 33.0 Å². The van der Waals surface area contributed by atoms with Gasteiger partial charge >= 0.3 is 0 Å². The van der Waals surface area contributed by atoms with Gasteiger partial charge in [0.1, 0.15) is 24.3 Å². The Morgan fingerprint density at radius 3 is 1.39 bits per heavy atom. The van der Waals surface area contributed by atoms with Crippen LogP contribution >= 0.6 is 0 Å². The number of nitrogens with zero attached hydrogens (tertiary/aromatic N) is 2. The van der Waals surface area contributed by atoms with Gasteiger partial charge in [0.05, 0.1) is 0 Å². The molecule has 4 atom stereocenters. The van der Waals surface area contributed by atoms with Gasteiger partial charge in [0, 0.05) is 35.1 Å². The first kappa shape index (κ1) is 24.2. The first-order valence-electron chi connectivity index (χ1n) is 15.5. The van der Waals surface area contributed by atoms with Gasteiger partial charge in [-0.15, -0.1) is 0 Å². The Morgan fingerprint density at radius 1 is 0.455 bits per heavy atom. The molecule has 0 N–H and O–H groups in total. The van der Waals surface area contributed by atoms with Gasteiger partial charge in [0.2, 0.25) is 11.8 Å². The molecular weight excluding hydrogens is 540 g/mol. The second-order valence-corrected chi connectivity index (χ2v) is 12.3. The monoisotopic (exact) mass is 568 g/mol. The summed E-state index contributed by atoms with van der Waals surface area (Å²) in [5, 5.41) is 4.68. The summed E-state index contributed by atoms with van der Waals surface area (Å²) in [4.78, 5) is 10.5. The van der Waals surface area contributed by atoms with Crippen molar-refractivity contribution >= 4 is 33.3 Å². The van der Waals surface area contributed by atoms with Crippen molar-refractivity contribution in [1.82, 2.24) is 0 Å². The zero-order valence-corrected chi connectivity index (χ0v) is 24.0. The molecule has 2 aliphatic heterocycles. The normalized spacial score (nSPS) is 22.5. The zero-order valence-electron chi connectivity index (χ0n) is 24.0. The molecule has 10 rings (SSSR count). The van der Waals surface area contributed by atoms with E-state index >= 15 is 0 Å². The molecule has 6 aromatic carbocycles. The molecular formula is C40H28N2O2. The standard InChI is InChI=1S/C40H28N2O2/c1-5-13-27-23(9-1)17-19-31(39-41-37-29-15-7-3-11-25(29)21-33(37)43-39)35(27)36-28-14-6-2-10-24(28)18-20-32(36)40-42-38-30-16-8-4-12-26(30)22-34(38)44-40/h1-20,33-34,37-38H,21-22H2/t33-,34-,37+,38+/m0/s1. The Kier molecular flexibility index (Phi) is 5.04. The first-order chi connectivity index (χ1) is 21.8. The number of fused-ring (bicyclic) bond motifs is 8. The highest BCUT2D eigenvalue weighted by atomic mass is 16.5. The Labute approximate surface area is 255 Å². The van der Waals surface area contributed by atoms with Crippen LogP contribution in [0.1, 0.15) is 45.5 Å². The summed E-state index contributed by atoms with van der Waals surface area (Å²) in [6, 6.07) is 43.3. The lowest BCUT2D eigenvalue weighted by Crippen LogP contribution is -2.15. The van der Waals surface area contributed by atoms with Crippen molar-refractivity contribution in [1.29, 1.82) is 0 Å². The Hall–Kier alpha value is -5.22. The van der Waals surface area contributed by atoms with Crippen LogP contribution in [0.15, 0.2) is 131 Å². The van der Waals surface area contributed by atoms with Crippen molar-refractivity contribution in [2.45, 2.75) is 37.1 Å². The van der Waals surface area contributed by atoms with E-state index in [4.69, 9.17) is 19.5 Å². The van der Waals surface area contributed by atoms with Gasteiger partial charge in [-0.25, -0.2) is 9.98 Å². The maximum atomic E-state index is 6.73. The number of rotatable bonds is 3. The fourth-order valence-corrected chi connectivity index (χ4v) is 7.90. The first-order valence-corrected chi connectivity index (χ1v) is 15.5. The minimum atomic E-state index is 0.0227. The smallest absolute Gasteiger partial charge is 0.217 e. The van der Waals surface area contributed by atoms with Crippen LogP contribution in [-0.2, 0) is 22.3 Å². The molecule has 44 heavy (non-hydrogen) atoms. The lowest BCUT2D eigenvalue weighted by Gasteiger charge is -2.20. The van der Waals surface area contributed by atoms with Crippen LogP contribution in [0, 0.1) is 0 Å². The molecule has 2 heterocycles. The fourth-order valence-electron chi connectivity index (χ4n) is 7.90. The van der Waals surface area contributed by atoms with E-state index in [2.05, 4.69) is 121 Å². The molecule has 4 aliphatic rings. The Morgan fingerprint density at radius 2 is 0.886 bits per heavy atom. The molecule has 0 unspecified atom stereocenters. The van der Waals surface area contributed by atoms with Gasteiger partial charge < -0.3 is 9.47 Å². The lowest BCUT2D eigenvalue weighted by atomic mass is 9.87. The summed E-state index contributed by atoms with van der Waals surface area (Å²) in [7, 11) is 0. The summed E-state index contributed by atoms with van der Waals surface area (Å²) in [5.74, 6) is 1.43. The summed E-state index contributed by atoms with van der Waals surface area (Å²) in [5.41, 5.74) is 9.49. The average Bonchev–Trinajstić information content (AvgIpc) is 3.83. The maximum absolute atomic E-state index is 6.73. The maximum Gasteiger partial charge on any atom is 0.217 e. The van der Waals surface area contributed by atoms with Crippen LogP contribution in [0.25, 0.3) is 32.7 Å². The molecule has 4 heteroatoms. The van der Waals surface area contributed by atoms with Gasteiger partial charge in [-0.2, -0.15) is 0 Å². The molecule has 0 saturated carbocycles. The highest BCUT2D eigenvalue weighted by Gasteiger charge is 2.42. The third-order valence-electron chi connectivity index (χ3n) is 9.90. The summed E-state index contributed by atoms with van der Waals surface area (Å²) >= 11 is 0. The SMILES string of the molecule is c1ccc2c(c1)C[C@@H]1OC(c3ccc4ccccc4c3-c3c(C4=N[C@@H]5c6ccccc6C[C@@H]5O4)ccc4ccccc34)=N[C@H]21. The minimum Gasteiger partial charge on any atom is -0.471 e. The molecule has 0 aromatic heterocycles. The molecule has 210 valence electrons. The molecule has 4 nitrogen and oxygen atoms in total. The fraction of sp³-hybridized carbons (Fsp3) is 0.150. The molecule has 0 bridgehead atoms. The molecule has 0 fully saturated rings. The third kappa shape index (κ3) is 3.45. The second kappa shape index (κ2) is 9.14.